The van der Waals surface area contributed by atoms with Crippen LogP contribution in [0.3, 0.4) is 0 Å². The first-order valence-electron chi connectivity index (χ1n) is 6.31. The first-order chi connectivity index (χ1) is 10.5. The summed E-state index contributed by atoms with van der Waals surface area (Å²) in [6.45, 7) is 1.66. The Bertz CT molecular complexity index is 707. The van der Waals surface area contributed by atoms with E-state index in [9.17, 15) is 9.59 Å². The molecule has 1 heterocycles. The second-order valence-electron chi connectivity index (χ2n) is 4.23. The van der Waals surface area contributed by atoms with Gasteiger partial charge in [-0.2, -0.15) is 0 Å². The molecule has 0 aliphatic carbocycles. The molecule has 1 N–H and O–H groups in total. The van der Waals surface area contributed by atoms with Crippen LogP contribution in [-0.4, -0.2) is 24.1 Å². The standard InChI is InChI=1S/C14H12Cl2N2O4/c1-3-9(19)17-13-11(14(20)21-2)12(18-22-13)10-7(15)5-4-6-8(10)16/h4-6H,3H2,1-2H3,(H,17,19). The molecule has 1 aromatic heterocycles. The first-order valence-corrected chi connectivity index (χ1v) is 7.07. The highest BCUT2D eigenvalue weighted by molar-refractivity contribution is 6.39. The predicted molar refractivity (Wildman–Crippen MR) is 82.2 cm³/mol. The molecule has 0 aliphatic heterocycles. The topological polar surface area (TPSA) is 81.4 Å². The number of carbonyl (C=O) groups excluding carboxylic acids is 2. The number of ether oxygens (including phenoxy) is 1. The monoisotopic (exact) mass is 342 g/mol. The smallest absolute Gasteiger partial charge is 0.345 e. The summed E-state index contributed by atoms with van der Waals surface area (Å²) < 4.78 is 9.77. The van der Waals surface area contributed by atoms with Gasteiger partial charge in [-0.25, -0.2) is 4.79 Å². The van der Waals surface area contributed by atoms with Crippen LogP contribution < -0.4 is 5.32 Å². The molecule has 0 atom stereocenters. The Kier molecular flexibility index (Phi) is 5.05. The molecule has 6 nitrogen and oxygen atoms in total. The van der Waals surface area contributed by atoms with Crippen LogP contribution in [0.15, 0.2) is 22.7 Å². The minimum Gasteiger partial charge on any atom is -0.465 e. The summed E-state index contributed by atoms with van der Waals surface area (Å²) in [4.78, 5) is 23.5. The quantitative estimate of drug-likeness (QED) is 0.855. The summed E-state index contributed by atoms with van der Waals surface area (Å²) in [5.41, 5.74) is 0.389. The van der Waals surface area contributed by atoms with Gasteiger partial charge in [0.25, 0.3) is 0 Å². The molecule has 0 fully saturated rings. The van der Waals surface area contributed by atoms with E-state index in [1.807, 2.05) is 0 Å². The Morgan fingerprint density at radius 1 is 1.32 bits per heavy atom. The van der Waals surface area contributed by atoms with Crippen molar-refractivity contribution in [3.8, 4) is 11.3 Å². The van der Waals surface area contributed by atoms with Gasteiger partial charge in [0.05, 0.1) is 17.2 Å². The highest BCUT2D eigenvalue weighted by atomic mass is 35.5. The van der Waals surface area contributed by atoms with Gasteiger partial charge >= 0.3 is 5.97 Å². The van der Waals surface area contributed by atoms with E-state index < -0.39 is 5.97 Å². The number of amides is 1. The van der Waals surface area contributed by atoms with Crippen LogP contribution in [0.5, 0.6) is 0 Å². The molecule has 2 aromatic rings. The van der Waals surface area contributed by atoms with Crippen LogP contribution in [0.4, 0.5) is 5.88 Å². The van der Waals surface area contributed by atoms with Gasteiger partial charge in [-0.05, 0) is 12.1 Å². The van der Waals surface area contributed by atoms with Crippen LogP contribution in [0.25, 0.3) is 11.3 Å². The number of aromatic nitrogens is 1. The SMILES string of the molecule is CCC(=O)Nc1onc(-c2c(Cl)cccc2Cl)c1C(=O)OC. The third-order valence-electron chi connectivity index (χ3n) is 2.86. The molecular formula is C14H12Cl2N2O4. The van der Waals surface area contributed by atoms with E-state index in [2.05, 4.69) is 10.5 Å². The average molecular weight is 343 g/mol. The van der Waals surface area contributed by atoms with Gasteiger partial charge in [0.1, 0.15) is 5.69 Å². The molecule has 0 spiro atoms. The van der Waals surface area contributed by atoms with Crippen molar-refractivity contribution in [1.29, 1.82) is 0 Å². The molecule has 0 saturated heterocycles. The second-order valence-corrected chi connectivity index (χ2v) is 5.04. The lowest BCUT2D eigenvalue weighted by Crippen LogP contribution is -2.13. The maximum absolute atomic E-state index is 12.0. The minimum atomic E-state index is -0.723. The Morgan fingerprint density at radius 3 is 2.50 bits per heavy atom. The molecule has 0 saturated carbocycles. The van der Waals surface area contributed by atoms with Crippen molar-refractivity contribution in [2.24, 2.45) is 0 Å². The highest BCUT2D eigenvalue weighted by Crippen LogP contribution is 2.38. The Hall–Kier alpha value is -2.05. The Morgan fingerprint density at radius 2 is 1.95 bits per heavy atom. The van der Waals surface area contributed by atoms with Crippen molar-refractivity contribution in [1.82, 2.24) is 5.16 Å². The second kappa shape index (κ2) is 6.81. The summed E-state index contributed by atoms with van der Waals surface area (Å²) >= 11 is 12.2. The number of methoxy groups -OCH3 is 1. The fourth-order valence-corrected chi connectivity index (χ4v) is 2.35. The lowest BCUT2D eigenvalue weighted by molar-refractivity contribution is -0.116. The van der Waals surface area contributed by atoms with Gasteiger partial charge in [0, 0.05) is 12.0 Å². The number of benzene rings is 1. The van der Waals surface area contributed by atoms with E-state index in [0.29, 0.717) is 15.6 Å². The van der Waals surface area contributed by atoms with E-state index in [1.54, 1.807) is 25.1 Å². The molecule has 22 heavy (non-hydrogen) atoms. The number of anilines is 1. The molecule has 1 aromatic carbocycles. The zero-order valence-corrected chi connectivity index (χ0v) is 13.3. The number of hydrogen-bond donors (Lipinski definition) is 1. The van der Waals surface area contributed by atoms with Crippen LogP contribution >= 0.6 is 23.2 Å². The highest BCUT2D eigenvalue weighted by Gasteiger charge is 2.28. The summed E-state index contributed by atoms with van der Waals surface area (Å²) in [6.07, 6.45) is 0.212. The minimum absolute atomic E-state index is 0.0423. The predicted octanol–water partition coefficient (Wildman–Crippen LogP) is 3.78. The van der Waals surface area contributed by atoms with E-state index in [-0.39, 0.29) is 29.5 Å². The number of nitrogens with zero attached hydrogens (tertiary/aromatic N) is 1. The normalized spacial score (nSPS) is 10.4. The molecule has 0 aliphatic rings. The van der Waals surface area contributed by atoms with E-state index in [1.165, 1.54) is 7.11 Å². The van der Waals surface area contributed by atoms with Crippen molar-refractivity contribution >= 4 is 41.0 Å². The number of esters is 1. The number of nitrogens with one attached hydrogen (secondary N) is 1. The third-order valence-corrected chi connectivity index (χ3v) is 3.49. The zero-order valence-electron chi connectivity index (χ0n) is 11.8. The van der Waals surface area contributed by atoms with E-state index >= 15 is 0 Å². The van der Waals surface area contributed by atoms with Gasteiger partial charge in [-0.15, -0.1) is 0 Å². The van der Waals surface area contributed by atoms with Crippen molar-refractivity contribution in [3.63, 3.8) is 0 Å². The van der Waals surface area contributed by atoms with Gasteiger partial charge in [0.2, 0.25) is 11.8 Å². The molecule has 8 heteroatoms. The zero-order chi connectivity index (χ0) is 16.3. The van der Waals surface area contributed by atoms with Crippen molar-refractivity contribution in [2.75, 3.05) is 12.4 Å². The largest absolute Gasteiger partial charge is 0.465 e. The molecular weight excluding hydrogens is 331 g/mol. The van der Waals surface area contributed by atoms with Crippen molar-refractivity contribution in [2.45, 2.75) is 13.3 Å². The summed E-state index contributed by atoms with van der Waals surface area (Å²) in [7, 11) is 1.21. The van der Waals surface area contributed by atoms with Crippen LogP contribution in [0.1, 0.15) is 23.7 Å². The maximum Gasteiger partial charge on any atom is 0.345 e. The van der Waals surface area contributed by atoms with Gasteiger partial charge in [0.15, 0.2) is 5.56 Å². The third kappa shape index (κ3) is 3.08. The fraction of sp³-hybridized carbons (Fsp3) is 0.214. The van der Waals surface area contributed by atoms with Crippen molar-refractivity contribution < 1.29 is 18.8 Å². The molecule has 0 unspecified atom stereocenters. The van der Waals surface area contributed by atoms with E-state index in [4.69, 9.17) is 32.5 Å². The lowest BCUT2D eigenvalue weighted by Gasteiger charge is -2.06. The van der Waals surface area contributed by atoms with Crippen LogP contribution in [0.2, 0.25) is 10.0 Å². The van der Waals surface area contributed by atoms with Crippen molar-refractivity contribution in [3.05, 3.63) is 33.8 Å². The fourth-order valence-electron chi connectivity index (χ4n) is 1.78. The number of halogens is 2. The van der Waals surface area contributed by atoms with Crippen LogP contribution in [0, 0.1) is 0 Å². The van der Waals surface area contributed by atoms with Crippen LogP contribution in [-0.2, 0) is 9.53 Å². The molecule has 0 bridgehead atoms. The number of hydrogen-bond acceptors (Lipinski definition) is 5. The summed E-state index contributed by atoms with van der Waals surface area (Å²) in [5, 5.41) is 6.84. The van der Waals surface area contributed by atoms with E-state index in [0.717, 1.165) is 0 Å². The molecule has 1 amide bonds. The lowest BCUT2D eigenvalue weighted by atomic mass is 10.1. The Balaban J connectivity index is 2.62. The first kappa shape index (κ1) is 16.3. The average Bonchev–Trinajstić information content (AvgIpc) is 2.89. The molecule has 2 rings (SSSR count). The van der Waals surface area contributed by atoms with Gasteiger partial charge in [-0.1, -0.05) is 41.3 Å². The number of rotatable bonds is 4. The van der Waals surface area contributed by atoms with Gasteiger partial charge < -0.3 is 9.26 Å². The Labute approximate surface area is 136 Å². The maximum atomic E-state index is 12.0. The summed E-state index contributed by atoms with van der Waals surface area (Å²) in [6, 6.07) is 4.86. The number of carbonyl (C=O) groups is 2. The van der Waals surface area contributed by atoms with Gasteiger partial charge in [-0.3, -0.25) is 10.1 Å². The summed E-state index contributed by atoms with van der Waals surface area (Å²) in [5.74, 6) is -1.17. The molecule has 0 radical (unpaired) electrons. The molecule has 116 valence electrons.